The number of carbonyl (C=O) groups excluding carboxylic acids is 2. The monoisotopic (exact) mass is 392 g/mol. The maximum atomic E-state index is 12.8. The second kappa shape index (κ2) is 8.22. The molecule has 0 aliphatic carbocycles. The van der Waals surface area contributed by atoms with Crippen LogP contribution in [0.15, 0.2) is 24.3 Å². The summed E-state index contributed by atoms with van der Waals surface area (Å²) in [5, 5.41) is 12.1. The van der Waals surface area contributed by atoms with Gasteiger partial charge in [0.15, 0.2) is 12.1 Å². The lowest BCUT2D eigenvalue weighted by atomic mass is 10.0. The number of nitrogens with one attached hydrogen (secondary N) is 2. The lowest BCUT2D eigenvalue weighted by Crippen LogP contribution is -3.15. The molecule has 3 N–H and O–H groups in total. The van der Waals surface area contributed by atoms with Gasteiger partial charge in [0.2, 0.25) is 5.91 Å². The molecule has 1 saturated heterocycles. The van der Waals surface area contributed by atoms with Crippen LogP contribution in [0.3, 0.4) is 0 Å². The second-order valence-corrected chi connectivity index (χ2v) is 6.81. The van der Waals surface area contributed by atoms with Crippen LogP contribution in [0.4, 0.5) is 23.2 Å². The Morgan fingerprint density at radius 1 is 1.19 bits per heavy atom. The van der Waals surface area contributed by atoms with Gasteiger partial charge < -0.3 is 20.2 Å². The first kappa shape index (κ1) is 21.1. The molecule has 1 heterocycles. The number of aliphatic hydroxyl groups is 1. The predicted molar refractivity (Wildman–Crippen MR) is 88.5 cm³/mol. The van der Waals surface area contributed by atoms with Crippen molar-refractivity contribution in [2.24, 2.45) is 0 Å². The summed E-state index contributed by atoms with van der Waals surface area (Å²) in [5.41, 5.74) is -2.60. The normalized spacial score (nSPS) is 18.1. The SMILES string of the molecule is C[C@](O)(CC(=O)N1CC[NH+](CC(=O)Nc2ccc(F)cc2)CC1)C(F)(F)F. The fraction of sp³-hybridized carbons (Fsp3) is 0.529. The van der Waals surface area contributed by atoms with Crippen molar-refractivity contribution in [1.82, 2.24) is 4.90 Å². The van der Waals surface area contributed by atoms with Crippen LogP contribution in [0.1, 0.15) is 13.3 Å². The Labute approximate surface area is 153 Å². The number of rotatable bonds is 5. The summed E-state index contributed by atoms with van der Waals surface area (Å²) in [6, 6.07) is 5.32. The van der Waals surface area contributed by atoms with Crippen LogP contribution in [0.2, 0.25) is 0 Å². The molecule has 1 aliphatic heterocycles. The van der Waals surface area contributed by atoms with Crippen LogP contribution in [0.25, 0.3) is 0 Å². The van der Waals surface area contributed by atoms with Gasteiger partial charge in [-0.15, -0.1) is 0 Å². The molecule has 0 unspecified atom stereocenters. The van der Waals surface area contributed by atoms with E-state index >= 15 is 0 Å². The number of hydrogen-bond donors (Lipinski definition) is 3. The molecule has 6 nitrogen and oxygen atoms in total. The highest BCUT2D eigenvalue weighted by molar-refractivity contribution is 5.91. The molecule has 0 radical (unpaired) electrons. The second-order valence-electron chi connectivity index (χ2n) is 6.81. The maximum absolute atomic E-state index is 12.8. The molecule has 0 aromatic heterocycles. The van der Waals surface area contributed by atoms with Crippen molar-refractivity contribution in [3.63, 3.8) is 0 Å². The average molecular weight is 392 g/mol. The average Bonchev–Trinajstić information content (AvgIpc) is 2.56. The van der Waals surface area contributed by atoms with Crippen molar-refractivity contribution in [3.05, 3.63) is 30.1 Å². The van der Waals surface area contributed by atoms with Crippen molar-refractivity contribution in [1.29, 1.82) is 0 Å². The van der Waals surface area contributed by atoms with E-state index in [1.807, 2.05) is 0 Å². The molecule has 0 spiro atoms. The molecule has 1 aromatic carbocycles. The highest BCUT2D eigenvalue weighted by Gasteiger charge is 2.51. The van der Waals surface area contributed by atoms with Gasteiger partial charge >= 0.3 is 6.18 Å². The van der Waals surface area contributed by atoms with E-state index in [9.17, 15) is 32.3 Å². The number of hydrogen-bond acceptors (Lipinski definition) is 3. The summed E-state index contributed by atoms with van der Waals surface area (Å²) >= 11 is 0. The number of benzene rings is 1. The molecule has 2 amide bonds. The van der Waals surface area contributed by atoms with Gasteiger partial charge in [0, 0.05) is 5.69 Å². The third-order valence-electron chi connectivity index (χ3n) is 4.47. The Kier molecular flexibility index (Phi) is 6.42. The van der Waals surface area contributed by atoms with Crippen LogP contribution in [0, 0.1) is 5.82 Å². The molecule has 2 rings (SSSR count). The van der Waals surface area contributed by atoms with Crippen LogP contribution >= 0.6 is 0 Å². The van der Waals surface area contributed by atoms with E-state index in [2.05, 4.69) is 5.32 Å². The number of carbonyl (C=O) groups is 2. The number of alkyl halides is 3. The fourth-order valence-electron chi connectivity index (χ4n) is 2.72. The highest BCUT2D eigenvalue weighted by Crippen LogP contribution is 2.33. The van der Waals surface area contributed by atoms with Crippen LogP contribution in [-0.4, -0.2) is 66.3 Å². The minimum atomic E-state index is -4.88. The van der Waals surface area contributed by atoms with E-state index < -0.39 is 29.9 Å². The van der Waals surface area contributed by atoms with E-state index in [0.717, 1.165) is 4.90 Å². The highest BCUT2D eigenvalue weighted by atomic mass is 19.4. The number of anilines is 1. The smallest absolute Gasteiger partial charge is 0.380 e. The molecular formula is C17H22F4N3O3+. The van der Waals surface area contributed by atoms with Gasteiger partial charge in [0.25, 0.3) is 5.91 Å². The number of amides is 2. The molecule has 10 heteroatoms. The van der Waals surface area contributed by atoms with Crippen molar-refractivity contribution >= 4 is 17.5 Å². The van der Waals surface area contributed by atoms with E-state index in [1.165, 1.54) is 29.2 Å². The van der Waals surface area contributed by atoms with Crippen LogP contribution < -0.4 is 10.2 Å². The summed E-state index contributed by atoms with van der Waals surface area (Å²) in [6.45, 7) is 1.90. The first-order valence-electron chi connectivity index (χ1n) is 8.44. The van der Waals surface area contributed by atoms with E-state index in [-0.39, 0.29) is 25.5 Å². The Hall–Kier alpha value is -2.20. The van der Waals surface area contributed by atoms with Gasteiger partial charge in [0.05, 0.1) is 32.6 Å². The Morgan fingerprint density at radius 2 is 1.74 bits per heavy atom. The summed E-state index contributed by atoms with van der Waals surface area (Å²) < 4.78 is 50.9. The number of halogens is 4. The molecule has 1 aliphatic rings. The minimum absolute atomic E-state index is 0.125. The topological polar surface area (TPSA) is 74.1 Å². The maximum Gasteiger partial charge on any atom is 0.417 e. The molecule has 1 aromatic rings. The molecule has 1 atom stereocenters. The Bertz CT molecular complexity index is 669. The zero-order valence-electron chi connectivity index (χ0n) is 14.8. The number of piperazine rings is 1. The van der Waals surface area contributed by atoms with Gasteiger partial charge in [0.1, 0.15) is 5.82 Å². The fourth-order valence-corrected chi connectivity index (χ4v) is 2.72. The van der Waals surface area contributed by atoms with E-state index in [1.54, 1.807) is 0 Å². The first-order chi connectivity index (χ1) is 12.5. The summed E-state index contributed by atoms with van der Waals surface area (Å²) in [4.78, 5) is 26.2. The predicted octanol–water partition coefficient (Wildman–Crippen LogP) is 0.195. The first-order valence-corrected chi connectivity index (χ1v) is 8.44. The summed E-state index contributed by atoms with van der Waals surface area (Å²) in [5.74, 6) is -1.47. The molecule has 0 bridgehead atoms. The molecule has 1 fully saturated rings. The van der Waals surface area contributed by atoms with Gasteiger partial charge in [-0.3, -0.25) is 9.59 Å². The third-order valence-corrected chi connectivity index (χ3v) is 4.47. The Balaban J connectivity index is 1.78. The van der Waals surface area contributed by atoms with Gasteiger partial charge in [-0.1, -0.05) is 0 Å². The molecule has 150 valence electrons. The zero-order valence-corrected chi connectivity index (χ0v) is 14.8. The minimum Gasteiger partial charge on any atom is -0.380 e. The molecule has 27 heavy (non-hydrogen) atoms. The standard InChI is InChI=1S/C17H21F4N3O3/c1-16(27,17(19,20)21)10-15(26)24-8-6-23(7-9-24)11-14(25)22-13-4-2-12(18)3-5-13/h2-5,27H,6-11H2,1H3,(H,22,25)/p+1/t16-/m0/s1. The third kappa shape index (κ3) is 5.90. The summed E-state index contributed by atoms with van der Waals surface area (Å²) in [7, 11) is 0. The number of quaternary nitrogens is 1. The van der Waals surface area contributed by atoms with Crippen molar-refractivity contribution < 1.29 is 37.2 Å². The van der Waals surface area contributed by atoms with Gasteiger partial charge in [-0.2, -0.15) is 13.2 Å². The molecule has 0 saturated carbocycles. The largest absolute Gasteiger partial charge is 0.417 e. The van der Waals surface area contributed by atoms with Gasteiger partial charge in [-0.25, -0.2) is 4.39 Å². The van der Waals surface area contributed by atoms with Crippen molar-refractivity contribution in [3.8, 4) is 0 Å². The van der Waals surface area contributed by atoms with Crippen molar-refractivity contribution in [2.75, 3.05) is 38.0 Å². The van der Waals surface area contributed by atoms with E-state index in [0.29, 0.717) is 25.7 Å². The Morgan fingerprint density at radius 3 is 2.26 bits per heavy atom. The van der Waals surface area contributed by atoms with Crippen molar-refractivity contribution in [2.45, 2.75) is 25.1 Å². The zero-order chi connectivity index (χ0) is 20.2. The lowest BCUT2D eigenvalue weighted by molar-refractivity contribution is -0.895. The van der Waals surface area contributed by atoms with Crippen LogP contribution in [-0.2, 0) is 9.59 Å². The van der Waals surface area contributed by atoms with Crippen LogP contribution in [0.5, 0.6) is 0 Å². The number of nitrogens with zero attached hydrogens (tertiary/aromatic N) is 1. The van der Waals surface area contributed by atoms with Gasteiger partial charge in [-0.05, 0) is 31.2 Å². The lowest BCUT2D eigenvalue weighted by Gasteiger charge is -2.34. The summed E-state index contributed by atoms with van der Waals surface area (Å²) in [6.07, 6.45) is -5.91. The van der Waals surface area contributed by atoms with E-state index in [4.69, 9.17) is 0 Å². The quantitative estimate of drug-likeness (QED) is 0.627. The molecular weight excluding hydrogens is 370 g/mol.